The Bertz CT molecular complexity index is 1340. The Labute approximate surface area is 170 Å². The molecule has 0 bridgehead atoms. The third-order valence-electron chi connectivity index (χ3n) is 4.38. The molecule has 0 unspecified atom stereocenters. The largest absolute Gasteiger partial charge is 0.330 e. The van der Waals surface area contributed by atoms with E-state index in [2.05, 4.69) is 10.3 Å². The number of benzene rings is 1. The number of hydrogen-bond donors (Lipinski definition) is 1. The summed E-state index contributed by atoms with van der Waals surface area (Å²) in [5.74, 6) is -0.537. The van der Waals surface area contributed by atoms with Gasteiger partial charge in [0.05, 0.1) is 28.0 Å². The number of amides is 1. The Hall–Kier alpha value is -2.83. The van der Waals surface area contributed by atoms with Gasteiger partial charge in [-0.25, -0.2) is 18.2 Å². The van der Waals surface area contributed by atoms with E-state index in [0.29, 0.717) is 10.6 Å². The molecule has 1 aromatic carbocycles. The van der Waals surface area contributed by atoms with E-state index in [9.17, 15) is 22.8 Å². The van der Waals surface area contributed by atoms with E-state index in [0.717, 1.165) is 14.6 Å². The van der Waals surface area contributed by atoms with Crippen LogP contribution in [0.15, 0.2) is 38.1 Å². The molecule has 0 aliphatic rings. The molecule has 10 nitrogen and oxygen atoms in total. The van der Waals surface area contributed by atoms with E-state index in [1.54, 1.807) is 12.3 Å². The number of carbonyl (C=O) groups is 1. The van der Waals surface area contributed by atoms with Crippen LogP contribution in [-0.2, 0) is 28.9 Å². The lowest BCUT2D eigenvalue weighted by Crippen LogP contribution is -2.37. The summed E-state index contributed by atoms with van der Waals surface area (Å²) in [7, 11) is 0.0403. The van der Waals surface area contributed by atoms with Gasteiger partial charge in [-0.15, -0.1) is 11.3 Å². The first kappa shape index (κ1) is 20.9. The molecule has 29 heavy (non-hydrogen) atoms. The number of rotatable bonds is 5. The molecular weight excluding hydrogens is 418 g/mol. The van der Waals surface area contributed by atoms with Crippen molar-refractivity contribution in [2.24, 2.45) is 14.1 Å². The minimum absolute atomic E-state index is 0.0896. The van der Waals surface area contributed by atoms with Gasteiger partial charge in [0.1, 0.15) is 0 Å². The zero-order valence-electron chi connectivity index (χ0n) is 16.2. The maximum absolute atomic E-state index is 12.9. The molecule has 0 radical (unpaired) electrons. The predicted molar refractivity (Wildman–Crippen MR) is 110 cm³/mol. The van der Waals surface area contributed by atoms with Crippen LogP contribution in [0.1, 0.15) is 5.69 Å². The second-order valence-corrected chi connectivity index (χ2v) is 9.39. The lowest BCUT2D eigenvalue weighted by molar-refractivity contribution is -0.116. The Kier molecular flexibility index (Phi) is 5.43. The van der Waals surface area contributed by atoms with Crippen molar-refractivity contribution in [3.63, 3.8) is 0 Å². The standard InChI is InChI=1S/C17H19N5O5S2/c1-10-9-28-16(18-10)19-14(23)8-20(2)29(26,27)11-5-6-13-12(7-11)15(24)22(4)17(25)21(13)3/h5-7,9H,8H2,1-4H3,(H,18,19,23). The van der Waals surface area contributed by atoms with Crippen molar-refractivity contribution in [3.8, 4) is 0 Å². The van der Waals surface area contributed by atoms with E-state index >= 15 is 0 Å². The first-order valence-corrected chi connectivity index (χ1v) is 10.7. The van der Waals surface area contributed by atoms with Crippen LogP contribution in [0.25, 0.3) is 10.9 Å². The van der Waals surface area contributed by atoms with E-state index < -0.39 is 33.7 Å². The van der Waals surface area contributed by atoms with Gasteiger partial charge < -0.3 is 5.32 Å². The van der Waals surface area contributed by atoms with Crippen molar-refractivity contribution in [1.82, 2.24) is 18.4 Å². The molecule has 1 amide bonds. The van der Waals surface area contributed by atoms with E-state index in [-0.39, 0.29) is 10.3 Å². The molecule has 2 heterocycles. The second-order valence-electron chi connectivity index (χ2n) is 6.49. The zero-order chi connectivity index (χ0) is 21.5. The average Bonchev–Trinajstić information content (AvgIpc) is 3.08. The molecule has 154 valence electrons. The number of likely N-dealkylation sites (N-methyl/N-ethyl adjacent to an activating group) is 1. The minimum Gasteiger partial charge on any atom is -0.301 e. The van der Waals surface area contributed by atoms with Crippen LogP contribution in [0.4, 0.5) is 5.13 Å². The van der Waals surface area contributed by atoms with Crippen molar-refractivity contribution < 1.29 is 13.2 Å². The zero-order valence-corrected chi connectivity index (χ0v) is 17.8. The summed E-state index contributed by atoms with van der Waals surface area (Å²) in [6.45, 7) is 1.35. The predicted octanol–water partition coefficient (Wildman–Crippen LogP) is 0.261. The number of anilines is 1. The molecule has 1 N–H and O–H groups in total. The summed E-state index contributed by atoms with van der Waals surface area (Å²) >= 11 is 1.24. The highest BCUT2D eigenvalue weighted by Gasteiger charge is 2.24. The summed E-state index contributed by atoms with van der Waals surface area (Å²) in [5, 5.41) is 4.78. The Morgan fingerprint density at radius 1 is 1.24 bits per heavy atom. The number of thiazole rings is 1. The molecule has 0 atom stereocenters. The maximum atomic E-state index is 12.9. The van der Waals surface area contributed by atoms with Crippen LogP contribution in [0.5, 0.6) is 0 Å². The monoisotopic (exact) mass is 437 g/mol. The van der Waals surface area contributed by atoms with Crippen LogP contribution in [-0.4, -0.2) is 46.3 Å². The van der Waals surface area contributed by atoms with Crippen LogP contribution in [0.2, 0.25) is 0 Å². The average molecular weight is 438 g/mol. The van der Waals surface area contributed by atoms with Crippen LogP contribution < -0.4 is 16.6 Å². The highest BCUT2D eigenvalue weighted by Crippen LogP contribution is 2.19. The molecule has 2 aromatic heterocycles. The first-order valence-electron chi connectivity index (χ1n) is 8.40. The third-order valence-corrected chi connectivity index (χ3v) is 7.05. The van der Waals surface area contributed by atoms with E-state index in [1.807, 2.05) is 0 Å². The van der Waals surface area contributed by atoms with E-state index in [1.165, 1.54) is 55.2 Å². The number of aromatic nitrogens is 3. The molecule has 0 spiro atoms. The lowest BCUT2D eigenvalue weighted by Gasteiger charge is -2.17. The number of carbonyl (C=O) groups excluding carboxylic acids is 1. The minimum atomic E-state index is -4.05. The van der Waals surface area contributed by atoms with Gasteiger partial charge in [-0.3, -0.25) is 18.7 Å². The molecular formula is C17H19N5O5S2. The van der Waals surface area contributed by atoms with Crippen LogP contribution >= 0.6 is 11.3 Å². The van der Waals surface area contributed by atoms with Gasteiger partial charge in [0.25, 0.3) is 5.56 Å². The number of sulfonamides is 1. The lowest BCUT2D eigenvalue weighted by atomic mass is 10.2. The second kappa shape index (κ2) is 7.54. The number of fused-ring (bicyclic) bond motifs is 1. The first-order chi connectivity index (χ1) is 13.5. The number of aryl methyl sites for hydroxylation is 2. The molecule has 12 heteroatoms. The SMILES string of the molecule is Cc1csc(NC(=O)CN(C)S(=O)(=O)c2ccc3c(c2)c(=O)n(C)c(=O)n3C)n1. The van der Waals surface area contributed by atoms with Gasteiger partial charge in [0.2, 0.25) is 15.9 Å². The molecule has 0 saturated carbocycles. The van der Waals surface area contributed by atoms with Crippen molar-refractivity contribution >= 4 is 43.3 Å². The molecule has 3 aromatic rings. The summed E-state index contributed by atoms with van der Waals surface area (Å²) < 4.78 is 28.8. The number of nitrogens with zero attached hydrogens (tertiary/aromatic N) is 4. The van der Waals surface area contributed by atoms with Gasteiger partial charge in [0.15, 0.2) is 5.13 Å². The normalized spacial score (nSPS) is 11.9. The fraction of sp³-hybridized carbons (Fsp3) is 0.294. The Balaban J connectivity index is 1.92. The van der Waals surface area contributed by atoms with Crippen molar-refractivity contribution in [2.45, 2.75) is 11.8 Å². The highest BCUT2D eigenvalue weighted by molar-refractivity contribution is 7.89. The quantitative estimate of drug-likeness (QED) is 0.611. The smallest absolute Gasteiger partial charge is 0.301 e. The van der Waals surface area contributed by atoms with Crippen molar-refractivity contribution in [3.05, 3.63) is 50.1 Å². The Morgan fingerprint density at radius 3 is 2.55 bits per heavy atom. The van der Waals surface area contributed by atoms with Gasteiger partial charge in [-0.05, 0) is 25.1 Å². The molecule has 0 aliphatic carbocycles. The molecule has 3 rings (SSSR count). The molecule has 0 fully saturated rings. The van der Waals surface area contributed by atoms with Gasteiger partial charge in [-0.2, -0.15) is 4.31 Å². The molecule has 0 aliphatic heterocycles. The van der Waals surface area contributed by atoms with Crippen molar-refractivity contribution in [1.29, 1.82) is 0 Å². The number of nitrogens with one attached hydrogen (secondary N) is 1. The third kappa shape index (κ3) is 3.86. The number of hydrogen-bond acceptors (Lipinski definition) is 7. The Morgan fingerprint density at radius 2 is 1.93 bits per heavy atom. The fourth-order valence-electron chi connectivity index (χ4n) is 2.77. The van der Waals surface area contributed by atoms with Crippen molar-refractivity contribution in [2.75, 3.05) is 18.9 Å². The topological polar surface area (TPSA) is 123 Å². The summed E-state index contributed by atoms with van der Waals surface area (Å²) in [6, 6.07) is 3.91. The van der Waals surface area contributed by atoms with E-state index in [4.69, 9.17) is 0 Å². The summed E-state index contributed by atoms with van der Waals surface area (Å²) in [5.41, 5.74) is -0.0426. The molecule has 0 saturated heterocycles. The fourth-order valence-corrected chi connectivity index (χ4v) is 4.63. The van der Waals surface area contributed by atoms with Gasteiger partial charge in [-0.1, -0.05) is 0 Å². The maximum Gasteiger partial charge on any atom is 0.330 e. The highest BCUT2D eigenvalue weighted by atomic mass is 32.2. The summed E-state index contributed by atoms with van der Waals surface area (Å²) in [6.07, 6.45) is 0. The van der Waals surface area contributed by atoms with Crippen LogP contribution in [0.3, 0.4) is 0 Å². The van der Waals surface area contributed by atoms with Gasteiger partial charge in [0, 0.05) is 26.5 Å². The van der Waals surface area contributed by atoms with Crippen LogP contribution in [0, 0.1) is 6.92 Å². The van der Waals surface area contributed by atoms with Gasteiger partial charge >= 0.3 is 5.69 Å². The summed E-state index contributed by atoms with van der Waals surface area (Å²) in [4.78, 5) is 40.5.